The number of benzene rings is 1. The third-order valence-corrected chi connectivity index (χ3v) is 3.90. The molecule has 2 heteroatoms. The van der Waals surface area contributed by atoms with Gasteiger partial charge in [-0.1, -0.05) is 44.5 Å². The first-order valence-electron chi connectivity index (χ1n) is 7.38. The van der Waals surface area contributed by atoms with Crippen LogP contribution in [0.1, 0.15) is 44.2 Å². The van der Waals surface area contributed by atoms with Gasteiger partial charge < -0.3 is 10.6 Å². The first-order valence-corrected chi connectivity index (χ1v) is 7.38. The molecule has 0 aromatic heterocycles. The first-order chi connectivity index (χ1) is 8.94. The van der Waals surface area contributed by atoms with Crippen molar-refractivity contribution in [1.29, 1.82) is 0 Å². The Morgan fingerprint density at radius 3 is 2.47 bits per heavy atom. The molecule has 0 spiro atoms. The standard InChI is InChI=1S/C17H30N2/c1-15-9-5-6-10-16(15)13-19(4)12-8-7-11-17(2,3)14-18/h5-6,9-10H,7-8,11-14,18H2,1-4H3. The van der Waals surface area contributed by atoms with E-state index < -0.39 is 0 Å². The molecule has 2 N–H and O–H groups in total. The van der Waals surface area contributed by atoms with Crippen molar-refractivity contribution >= 4 is 0 Å². The van der Waals surface area contributed by atoms with Crippen LogP contribution in [0.3, 0.4) is 0 Å². The third kappa shape index (κ3) is 6.22. The summed E-state index contributed by atoms with van der Waals surface area (Å²) in [6, 6.07) is 8.64. The Kier molecular flexibility index (Phi) is 6.53. The lowest BCUT2D eigenvalue weighted by atomic mass is 9.87. The fourth-order valence-corrected chi connectivity index (χ4v) is 2.24. The van der Waals surface area contributed by atoms with Crippen molar-refractivity contribution < 1.29 is 0 Å². The van der Waals surface area contributed by atoms with E-state index >= 15 is 0 Å². The van der Waals surface area contributed by atoms with Gasteiger partial charge in [0.2, 0.25) is 0 Å². The van der Waals surface area contributed by atoms with Gasteiger partial charge in [-0.25, -0.2) is 0 Å². The second-order valence-corrected chi connectivity index (χ2v) is 6.49. The number of nitrogens with two attached hydrogens (primary N) is 1. The van der Waals surface area contributed by atoms with Gasteiger partial charge in [-0.3, -0.25) is 0 Å². The van der Waals surface area contributed by atoms with Crippen LogP contribution in [0.15, 0.2) is 24.3 Å². The van der Waals surface area contributed by atoms with Crippen LogP contribution in [0.2, 0.25) is 0 Å². The van der Waals surface area contributed by atoms with Crippen LogP contribution in [0.25, 0.3) is 0 Å². The summed E-state index contributed by atoms with van der Waals surface area (Å²) in [5, 5.41) is 0. The average molecular weight is 262 g/mol. The van der Waals surface area contributed by atoms with Crippen LogP contribution >= 0.6 is 0 Å². The molecule has 0 aliphatic carbocycles. The highest BCUT2D eigenvalue weighted by molar-refractivity contribution is 5.25. The van der Waals surface area contributed by atoms with E-state index in [0.717, 1.165) is 19.6 Å². The summed E-state index contributed by atoms with van der Waals surface area (Å²) in [5.74, 6) is 0. The van der Waals surface area contributed by atoms with Crippen molar-refractivity contribution in [3.8, 4) is 0 Å². The highest BCUT2D eigenvalue weighted by Gasteiger charge is 2.14. The molecular formula is C17H30N2. The van der Waals surface area contributed by atoms with Gasteiger partial charge in [0.1, 0.15) is 0 Å². The van der Waals surface area contributed by atoms with Crippen molar-refractivity contribution in [2.75, 3.05) is 20.1 Å². The van der Waals surface area contributed by atoms with E-state index in [0.29, 0.717) is 5.41 Å². The topological polar surface area (TPSA) is 29.3 Å². The number of unbranched alkanes of at least 4 members (excludes halogenated alkanes) is 1. The quantitative estimate of drug-likeness (QED) is 0.726. The van der Waals surface area contributed by atoms with Gasteiger partial charge in [0.15, 0.2) is 0 Å². The van der Waals surface area contributed by atoms with Crippen molar-refractivity contribution in [1.82, 2.24) is 4.90 Å². The lowest BCUT2D eigenvalue weighted by Gasteiger charge is -2.23. The summed E-state index contributed by atoms with van der Waals surface area (Å²) in [6.07, 6.45) is 3.75. The Morgan fingerprint density at radius 2 is 1.84 bits per heavy atom. The van der Waals surface area contributed by atoms with E-state index in [2.05, 4.69) is 57.0 Å². The monoisotopic (exact) mass is 262 g/mol. The maximum atomic E-state index is 5.76. The van der Waals surface area contributed by atoms with Crippen LogP contribution < -0.4 is 5.73 Å². The molecule has 19 heavy (non-hydrogen) atoms. The zero-order valence-electron chi connectivity index (χ0n) is 13.1. The number of hydrogen-bond donors (Lipinski definition) is 1. The summed E-state index contributed by atoms with van der Waals surface area (Å²) in [7, 11) is 2.21. The molecule has 0 bridgehead atoms. The minimum Gasteiger partial charge on any atom is -0.330 e. The number of nitrogens with zero attached hydrogens (tertiary/aromatic N) is 1. The van der Waals surface area contributed by atoms with Crippen LogP contribution in [0.5, 0.6) is 0 Å². The Hall–Kier alpha value is -0.860. The fraction of sp³-hybridized carbons (Fsp3) is 0.647. The Bertz CT molecular complexity index is 371. The van der Waals surface area contributed by atoms with Crippen LogP contribution in [-0.4, -0.2) is 25.0 Å². The zero-order chi connectivity index (χ0) is 14.3. The molecular weight excluding hydrogens is 232 g/mol. The van der Waals surface area contributed by atoms with E-state index in [1.165, 1.54) is 30.4 Å². The second-order valence-electron chi connectivity index (χ2n) is 6.49. The van der Waals surface area contributed by atoms with E-state index in [9.17, 15) is 0 Å². The molecule has 0 heterocycles. The van der Waals surface area contributed by atoms with Crippen LogP contribution in [0.4, 0.5) is 0 Å². The van der Waals surface area contributed by atoms with Crippen LogP contribution in [-0.2, 0) is 6.54 Å². The number of rotatable bonds is 8. The predicted octanol–water partition coefficient (Wildman–Crippen LogP) is 3.58. The molecule has 1 aromatic carbocycles. The lowest BCUT2D eigenvalue weighted by molar-refractivity contribution is 0.289. The third-order valence-electron chi connectivity index (χ3n) is 3.90. The van der Waals surface area contributed by atoms with Gasteiger partial charge in [0.05, 0.1) is 0 Å². The summed E-state index contributed by atoms with van der Waals surface area (Å²) in [6.45, 7) is 9.69. The molecule has 0 unspecified atom stereocenters. The van der Waals surface area contributed by atoms with Crippen LogP contribution in [0, 0.1) is 12.3 Å². The Labute approximate surface area is 119 Å². The van der Waals surface area contributed by atoms with Gasteiger partial charge >= 0.3 is 0 Å². The van der Waals surface area contributed by atoms with E-state index in [1.807, 2.05) is 0 Å². The van der Waals surface area contributed by atoms with E-state index in [4.69, 9.17) is 5.73 Å². The van der Waals surface area contributed by atoms with E-state index in [-0.39, 0.29) is 0 Å². The molecule has 1 rings (SSSR count). The summed E-state index contributed by atoms with van der Waals surface area (Å²) < 4.78 is 0. The normalized spacial score (nSPS) is 12.1. The SMILES string of the molecule is Cc1ccccc1CN(C)CCCCC(C)(C)CN. The molecule has 0 atom stereocenters. The number of aryl methyl sites for hydroxylation is 1. The Morgan fingerprint density at radius 1 is 1.16 bits per heavy atom. The van der Waals surface area contributed by atoms with E-state index in [1.54, 1.807) is 0 Å². The summed E-state index contributed by atoms with van der Waals surface area (Å²) in [4.78, 5) is 2.41. The van der Waals surface area contributed by atoms with Gasteiger partial charge in [-0.05, 0) is 56.4 Å². The minimum atomic E-state index is 0.300. The maximum Gasteiger partial charge on any atom is 0.0233 e. The fourth-order valence-electron chi connectivity index (χ4n) is 2.24. The Balaban J connectivity index is 2.25. The highest BCUT2D eigenvalue weighted by Crippen LogP contribution is 2.21. The van der Waals surface area contributed by atoms with Crippen molar-refractivity contribution in [2.24, 2.45) is 11.1 Å². The van der Waals surface area contributed by atoms with Gasteiger partial charge in [0, 0.05) is 6.54 Å². The van der Waals surface area contributed by atoms with Crippen molar-refractivity contribution in [3.63, 3.8) is 0 Å². The second kappa shape index (κ2) is 7.66. The molecule has 0 radical (unpaired) electrons. The largest absolute Gasteiger partial charge is 0.330 e. The summed E-state index contributed by atoms with van der Waals surface area (Å²) in [5.41, 5.74) is 8.88. The molecule has 0 fully saturated rings. The van der Waals surface area contributed by atoms with Gasteiger partial charge in [-0.2, -0.15) is 0 Å². The van der Waals surface area contributed by atoms with Crippen molar-refractivity contribution in [2.45, 2.75) is 46.6 Å². The number of hydrogen-bond acceptors (Lipinski definition) is 2. The smallest absolute Gasteiger partial charge is 0.0233 e. The molecule has 0 saturated heterocycles. The summed E-state index contributed by atoms with van der Waals surface area (Å²) >= 11 is 0. The molecule has 2 nitrogen and oxygen atoms in total. The molecule has 0 amide bonds. The average Bonchev–Trinajstić information content (AvgIpc) is 2.38. The molecule has 0 saturated carbocycles. The molecule has 108 valence electrons. The zero-order valence-corrected chi connectivity index (χ0v) is 13.1. The lowest BCUT2D eigenvalue weighted by Crippen LogP contribution is -2.24. The van der Waals surface area contributed by atoms with Gasteiger partial charge in [0.25, 0.3) is 0 Å². The molecule has 0 aliphatic rings. The first kappa shape index (κ1) is 16.2. The minimum absolute atomic E-state index is 0.300. The van der Waals surface area contributed by atoms with Crippen molar-refractivity contribution in [3.05, 3.63) is 35.4 Å². The molecule has 0 aliphatic heterocycles. The predicted molar refractivity (Wildman–Crippen MR) is 84.2 cm³/mol. The maximum absolute atomic E-state index is 5.76. The molecule has 1 aromatic rings. The van der Waals surface area contributed by atoms with Gasteiger partial charge in [-0.15, -0.1) is 0 Å². The highest BCUT2D eigenvalue weighted by atomic mass is 15.1.